The van der Waals surface area contributed by atoms with E-state index in [-0.39, 0.29) is 25.0 Å². The third-order valence-electron chi connectivity index (χ3n) is 10.3. The van der Waals surface area contributed by atoms with Crippen LogP contribution < -0.4 is 9.47 Å². The van der Waals surface area contributed by atoms with Gasteiger partial charge in [0.05, 0.1) is 0 Å². The van der Waals surface area contributed by atoms with Gasteiger partial charge >= 0.3 is 0 Å². The number of fused-ring (bicyclic) bond motifs is 2. The molecule has 8 aromatic rings. The summed E-state index contributed by atoms with van der Waals surface area (Å²) in [6.07, 6.45) is 0. The van der Waals surface area contributed by atoms with Crippen LogP contribution in [0.3, 0.4) is 0 Å². The highest BCUT2D eigenvalue weighted by Crippen LogP contribution is 2.45. The minimum absolute atomic E-state index is 0.135. The second kappa shape index (κ2) is 18.2. The maximum Gasteiger partial charge on any atom is 0.261 e. The van der Waals surface area contributed by atoms with E-state index in [1.54, 1.807) is 0 Å². The Morgan fingerprint density at radius 2 is 0.638 bits per heavy atom. The van der Waals surface area contributed by atoms with Crippen LogP contribution in [0.25, 0.3) is 32.7 Å². The molecule has 0 N–H and O–H groups in total. The standard InChI is InChI=1S/C52H44N2O4/c55-49(53(33-39-17-5-1-6-18-39)34-40-19-7-2-8-20-40)37-57-47-31-29-43-25-13-15-27-45(43)51(47)52-46-28-16-14-26-44(46)30-32-48(52)58-38-50(56)54(35-41-21-9-3-10-22-41)36-42-23-11-4-12-24-42/h1-32H,33-38H2. The van der Waals surface area contributed by atoms with Gasteiger partial charge in [-0.2, -0.15) is 0 Å². The molecule has 58 heavy (non-hydrogen) atoms. The van der Waals surface area contributed by atoms with Gasteiger partial charge in [0.15, 0.2) is 13.2 Å². The second-order valence-corrected chi connectivity index (χ2v) is 14.3. The molecule has 0 aliphatic rings. The Morgan fingerprint density at radius 1 is 0.345 bits per heavy atom. The van der Waals surface area contributed by atoms with Gasteiger partial charge in [0.25, 0.3) is 11.8 Å². The first kappa shape index (κ1) is 37.7. The van der Waals surface area contributed by atoms with Crippen molar-refractivity contribution in [1.29, 1.82) is 0 Å². The van der Waals surface area contributed by atoms with Crippen LogP contribution in [0.2, 0.25) is 0 Å². The summed E-state index contributed by atoms with van der Waals surface area (Å²) in [5.41, 5.74) is 5.75. The summed E-state index contributed by atoms with van der Waals surface area (Å²) in [5.74, 6) is 0.829. The summed E-state index contributed by atoms with van der Waals surface area (Å²) in [5, 5.41) is 3.91. The van der Waals surface area contributed by atoms with Crippen LogP contribution in [-0.2, 0) is 35.8 Å². The zero-order valence-corrected chi connectivity index (χ0v) is 32.2. The van der Waals surface area contributed by atoms with E-state index in [9.17, 15) is 9.59 Å². The van der Waals surface area contributed by atoms with Gasteiger partial charge in [-0.25, -0.2) is 0 Å². The fourth-order valence-electron chi connectivity index (χ4n) is 7.40. The minimum Gasteiger partial charge on any atom is -0.483 e. The number of nitrogens with zero attached hydrogens (tertiary/aromatic N) is 2. The lowest BCUT2D eigenvalue weighted by atomic mass is 9.92. The number of carbonyl (C=O) groups is 2. The van der Waals surface area contributed by atoms with E-state index in [2.05, 4.69) is 24.3 Å². The van der Waals surface area contributed by atoms with Crippen LogP contribution in [0.5, 0.6) is 11.5 Å². The molecule has 2 amide bonds. The predicted molar refractivity (Wildman–Crippen MR) is 232 cm³/mol. The van der Waals surface area contributed by atoms with E-state index in [4.69, 9.17) is 9.47 Å². The molecule has 6 heteroatoms. The van der Waals surface area contributed by atoms with Crippen LogP contribution in [0.1, 0.15) is 22.3 Å². The molecule has 0 aliphatic carbocycles. The minimum atomic E-state index is -0.168. The first-order chi connectivity index (χ1) is 28.6. The van der Waals surface area contributed by atoms with Crippen molar-refractivity contribution in [2.45, 2.75) is 26.2 Å². The summed E-state index contributed by atoms with van der Waals surface area (Å²) >= 11 is 0. The van der Waals surface area contributed by atoms with E-state index in [0.29, 0.717) is 37.7 Å². The molecule has 8 rings (SSSR count). The Labute approximate surface area is 339 Å². The number of ether oxygens (including phenoxy) is 2. The molecule has 286 valence electrons. The summed E-state index contributed by atoms with van der Waals surface area (Å²) < 4.78 is 13.2. The van der Waals surface area contributed by atoms with Gasteiger partial charge in [-0.05, 0) is 55.9 Å². The summed E-state index contributed by atoms with van der Waals surface area (Å²) in [7, 11) is 0. The maximum atomic E-state index is 14.2. The smallest absolute Gasteiger partial charge is 0.261 e. The van der Waals surface area contributed by atoms with Crippen molar-refractivity contribution in [1.82, 2.24) is 9.80 Å². The second-order valence-electron chi connectivity index (χ2n) is 14.3. The molecule has 0 atom stereocenters. The fourth-order valence-corrected chi connectivity index (χ4v) is 7.40. The average Bonchev–Trinajstić information content (AvgIpc) is 3.28. The molecule has 0 saturated heterocycles. The van der Waals surface area contributed by atoms with Crippen LogP contribution in [-0.4, -0.2) is 34.8 Å². The summed E-state index contributed by atoms with van der Waals surface area (Å²) in [6, 6.07) is 64.2. The van der Waals surface area contributed by atoms with Crippen molar-refractivity contribution >= 4 is 33.4 Å². The zero-order chi connectivity index (χ0) is 39.5. The molecule has 0 spiro atoms. The van der Waals surface area contributed by atoms with Crippen LogP contribution in [0, 0.1) is 0 Å². The van der Waals surface area contributed by atoms with Crippen molar-refractivity contribution in [3.63, 3.8) is 0 Å². The van der Waals surface area contributed by atoms with Crippen molar-refractivity contribution < 1.29 is 19.1 Å². The van der Waals surface area contributed by atoms with E-state index < -0.39 is 0 Å². The Hall–Kier alpha value is -7.18. The van der Waals surface area contributed by atoms with Gasteiger partial charge in [-0.3, -0.25) is 9.59 Å². The number of carbonyl (C=O) groups excluding carboxylic acids is 2. The lowest BCUT2D eigenvalue weighted by Gasteiger charge is -2.25. The molecule has 0 radical (unpaired) electrons. The first-order valence-corrected chi connectivity index (χ1v) is 19.6. The lowest BCUT2D eigenvalue weighted by molar-refractivity contribution is -0.135. The van der Waals surface area contributed by atoms with Crippen molar-refractivity contribution in [2.24, 2.45) is 0 Å². The lowest BCUT2D eigenvalue weighted by Crippen LogP contribution is -2.34. The Balaban J connectivity index is 1.13. The number of hydrogen-bond donors (Lipinski definition) is 0. The molecular formula is C52H44N2O4. The third kappa shape index (κ3) is 9.09. The molecule has 0 unspecified atom stereocenters. The third-order valence-corrected chi connectivity index (χ3v) is 10.3. The Bertz CT molecular complexity index is 2350. The summed E-state index contributed by atoms with van der Waals surface area (Å²) in [6.45, 7) is 1.45. The number of amides is 2. The Morgan fingerprint density at radius 3 is 0.966 bits per heavy atom. The molecule has 0 saturated carbocycles. The molecule has 0 aliphatic heterocycles. The molecular weight excluding hydrogens is 717 g/mol. The largest absolute Gasteiger partial charge is 0.483 e. The molecule has 0 bridgehead atoms. The Kier molecular flexibility index (Phi) is 11.8. The highest BCUT2D eigenvalue weighted by atomic mass is 16.5. The number of benzene rings is 8. The van der Waals surface area contributed by atoms with E-state index >= 15 is 0 Å². The fraction of sp³-hybridized carbons (Fsp3) is 0.115. The van der Waals surface area contributed by atoms with Crippen LogP contribution in [0.4, 0.5) is 0 Å². The van der Waals surface area contributed by atoms with E-state index in [0.717, 1.165) is 54.9 Å². The molecule has 0 fully saturated rings. The first-order valence-electron chi connectivity index (χ1n) is 19.6. The van der Waals surface area contributed by atoms with E-state index in [1.807, 2.05) is 180 Å². The maximum absolute atomic E-state index is 14.2. The van der Waals surface area contributed by atoms with Crippen molar-refractivity contribution in [3.05, 3.63) is 216 Å². The monoisotopic (exact) mass is 760 g/mol. The summed E-state index contributed by atoms with van der Waals surface area (Å²) in [4.78, 5) is 32.0. The molecule has 6 nitrogen and oxygen atoms in total. The number of rotatable bonds is 15. The van der Waals surface area contributed by atoms with Gasteiger partial charge in [0.2, 0.25) is 0 Å². The molecule has 8 aromatic carbocycles. The van der Waals surface area contributed by atoms with Gasteiger partial charge in [0, 0.05) is 37.3 Å². The van der Waals surface area contributed by atoms with Crippen molar-refractivity contribution in [3.8, 4) is 22.6 Å². The van der Waals surface area contributed by atoms with Crippen LogP contribution >= 0.6 is 0 Å². The SMILES string of the molecule is O=C(COc1ccc2ccccc2c1-c1c(OCC(=O)N(Cc2ccccc2)Cc2ccccc2)ccc2ccccc12)N(Cc1ccccc1)Cc1ccccc1. The van der Waals surface area contributed by atoms with Gasteiger partial charge in [-0.1, -0.05) is 182 Å². The predicted octanol–water partition coefficient (Wildman–Crippen LogP) is 10.9. The van der Waals surface area contributed by atoms with Crippen LogP contribution in [0.15, 0.2) is 194 Å². The topological polar surface area (TPSA) is 59.1 Å². The van der Waals surface area contributed by atoms with E-state index in [1.165, 1.54) is 0 Å². The molecule has 0 aromatic heterocycles. The normalized spacial score (nSPS) is 11.0. The highest BCUT2D eigenvalue weighted by Gasteiger charge is 2.23. The van der Waals surface area contributed by atoms with Gasteiger partial charge in [0.1, 0.15) is 11.5 Å². The van der Waals surface area contributed by atoms with Gasteiger partial charge < -0.3 is 19.3 Å². The molecule has 0 heterocycles. The highest BCUT2D eigenvalue weighted by molar-refractivity contribution is 6.10. The number of hydrogen-bond acceptors (Lipinski definition) is 4. The average molecular weight is 761 g/mol. The van der Waals surface area contributed by atoms with Crippen molar-refractivity contribution in [2.75, 3.05) is 13.2 Å². The zero-order valence-electron chi connectivity index (χ0n) is 32.2. The quantitative estimate of drug-likeness (QED) is 0.104. The van der Waals surface area contributed by atoms with Gasteiger partial charge in [-0.15, -0.1) is 0 Å².